The van der Waals surface area contributed by atoms with Crippen LogP contribution in [-0.4, -0.2) is 42.4 Å². The van der Waals surface area contributed by atoms with E-state index in [4.69, 9.17) is 37.4 Å². The number of phenolic OH excluding ortho intramolecular Hbond substituents is 1. The predicted octanol–water partition coefficient (Wildman–Crippen LogP) is 4.20. The van der Waals surface area contributed by atoms with Crippen molar-refractivity contribution in [3.63, 3.8) is 0 Å². The lowest BCUT2D eigenvalue weighted by molar-refractivity contribution is -0.131. The molecule has 10 heteroatoms. The summed E-state index contributed by atoms with van der Waals surface area (Å²) in [7, 11) is 2.82. The first-order valence-corrected chi connectivity index (χ1v) is 11.6. The van der Waals surface area contributed by atoms with Gasteiger partial charge in [-0.15, -0.1) is 0 Å². The van der Waals surface area contributed by atoms with Gasteiger partial charge in [0.2, 0.25) is 23.1 Å². The van der Waals surface area contributed by atoms with Crippen LogP contribution < -0.4 is 19.5 Å². The number of hydrogen-bond donors (Lipinski definition) is 2. The molecule has 0 bridgehead atoms. The summed E-state index contributed by atoms with van der Waals surface area (Å²) in [4.78, 5) is 40.7. The third kappa shape index (κ3) is 3.23. The minimum absolute atomic E-state index is 0.0289. The normalized spacial score (nSPS) is 25.2. The van der Waals surface area contributed by atoms with Gasteiger partial charge in [-0.1, -0.05) is 36.2 Å². The molecule has 0 saturated carbocycles. The molecule has 1 aliphatic carbocycles. The van der Waals surface area contributed by atoms with Crippen LogP contribution in [0, 0.1) is 5.92 Å². The van der Waals surface area contributed by atoms with Gasteiger partial charge < -0.3 is 24.6 Å². The van der Waals surface area contributed by atoms with Crippen molar-refractivity contribution in [3.05, 3.63) is 56.7 Å². The molecular weight excluding hydrogens is 497 g/mol. The second kappa shape index (κ2) is 8.17. The van der Waals surface area contributed by atoms with Crippen molar-refractivity contribution >= 4 is 40.7 Å². The molecule has 0 radical (unpaired) electrons. The van der Waals surface area contributed by atoms with E-state index in [2.05, 4.69) is 5.32 Å². The van der Waals surface area contributed by atoms with Gasteiger partial charge >= 0.3 is 0 Å². The number of Topliss-reactive ketones (excluding diaryl/α,β-unsaturated/α-hetero) is 2. The standard InChI is InChI=1S/C25H21Cl2NO7/c1-10-6-14-19(12(8-18(30)28-14)11-4-5-15(29)13(26)7-11)23(31)25(10)24(32)20-16(33-2)9-17(34-3)21(27)22(20)35-25/h4-5,7,9-10,12,29H,6,8H2,1-3H3,(H,28,30)/t10-,12-,25+/m1/s1. The number of rotatable bonds is 3. The van der Waals surface area contributed by atoms with Crippen molar-refractivity contribution in [3.8, 4) is 23.0 Å². The molecule has 3 atom stereocenters. The molecule has 0 saturated heterocycles. The van der Waals surface area contributed by atoms with E-state index in [1.807, 2.05) is 0 Å². The Balaban J connectivity index is 1.67. The fourth-order valence-corrected chi connectivity index (χ4v) is 5.67. The van der Waals surface area contributed by atoms with Crippen molar-refractivity contribution in [1.82, 2.24) is 5.32 Å². The Bertz CT molecular complexity index is 1350. The second-order valence-corrected chi connectivity index (χ2v) is 9.59. The molecule has 2 aromatic rings. The number of phenols is 1. The summed E-state index contributed by atoms with van der Waals surface area (Å²) in [5, 5.41) is 12.8. The molecule has 3 aliphatic rings. The molecule has 0 unspecified atom stereocenters. The van der Waals surface area contributed by atoms with Crippen LogP contribution in [0.5, 0.6) is 23.0 Å². The lowest BCUT2D eigenvalue weighted by Gasteiger charge is -2.41. The zero-order valence-corrected chi connectivity index (χ0v) is 20.5. The number of methoxy groups -OCH3 is 2. The maximum absolute atomic E-state index is 14.2. The third-order valence-electron chi connectivity index (χ3n) is 6.93. The van der Waals surface area contributed by atoms with Gasteiger partial charge in [-0.2, -0.15) is 0 Å². The number of nitrogens with one attached hydrogen (secondary N) is 1. The van der Waals surface area contributed by atoms with Gasteiger partial charge in [-0.3, -0.25) is 14.4 Å². The first-order valence-electron chi connectivity index (χ1n) is 10.9. The van der Waals surface area contributed by atoms with Crippen molar-refractivity contribution < 1.29 is 33.7 Å². The van der Waals surface area contributed by atoms with Crippen LogP contribution in [-0.2, 0) is 9.59 Å². The fraction of sp³-hybridized carbons (Fsp3) is 0.320. The number of halogens is 2. The predicted molar refractivity (Wildman–Crippen MR) is 127 cm³/mol. The summed E-state index contributed by atoms with van der Waals surface area (Å²) in [6.45, 7) is 1.72. The Morgan fingerprint density at radius 1 is 1.06 bits per heavy atom. The van der Waals surface area contributed by atoms with E-state index in [1.54, 1.807) is 13.0 Å². The minimum atomic E-state index is -1.88. The number of ketones is 2. The highest BCUT2D eigenvalue weighted by Gasteiger charge is 2.63. The fourth-order valence-electron chi connectivity index (χ4n) is 5.21. The Kier molecular flexibility index (Phi) is 5.49. The molecule has 182 valence electrons. The molecule has 2 N–H and O–H groups in total. The lowest BCUT2D eigenvalue weighted by Crippen LogP contribution is -2.59. The quantitative estimate of drug-likeness (QED) is 0.586. The number of carbonyl (C=O) groups excluding carboxylic acids is 3. The zero-order valence-electron chi connectivity index (χ0n) is 19.0. The Morgan fingerprint density at radius 2 is 1.77 bits per heavy atom. The Labute approximate surface area is 210 Å². The topological polar surface area (TPSA) is 111 Å². The summed E-state index contributed by atoms with van der Waals surface area (Å²) < 4.78 is 16.9. The molecule has 35 heavy (non-hydrogen) atoms. The highest BCUT2D eigenvalue weighted by Crippen LogP contribution is 2.55. The van der Waals surface area contributed by atoms with Crippen molar-refractivity contribution in [1.29, 1.82) is 0 Å². The number of amides is 1. The number of fused-ring (bicyclic) bond motifs is 1. The minimum Gasteiger partial charge on any atom is -0.506 e. The van der Waals surface area contributed by atoms with Crippen LogP contribution in [0.2, 0.25) is 10.0 Å². The Morgan fingerprint density at radius 3 is 2.43 bits per heavy atom. The number of allylic oxidation sites excluding steroid dienone is 1. The van der Waals surface area contributed by atoms with Crippen LogP contribution in [0.1, 0.15) is 41.6 Å². The maximum atomic E-state index is 14.2. The van der Waals surface area contributed by atoms with E-state index in [1.165, 1.54) is 32.4 Å². The molecule has 5 rings (SSSR count). The van der Waals surface area contributed by atoms with E-state index in [-0.39, 0.29) is 62.9 Å². The Hall–Kier alpha value is -3.23. The molecule has 1 spiro atoms. The van der Waals surface area contributed by atoms with E-state index < -0.39 is 29.0 Å². The first kappa shape index (κ1) is 23.5. The lowest BCUT2D eigenvalue weighted by atomic mass is 9.66. The van der Waals surface area contributed by atoms with Gasteiger partial charge in [0.05, 0.1) is 19.2 Å². The summed E-state index contributed by atoms with van der Waals surface area (Å²) in [6.07, 6.45) is 0.182. The monoisotopic (exact) mass is 517 g/mol. The average molecular weight is 518 g/mol. The van der Waals surface area contributed by atoms with E-state index >= 15 is 0 Å². The molecule has 0 fully saturated rings. The first-order chi connectivity index (χ1) is 16.6. The highest BCUT2D eigenvalue weighted by molar-refractivity contribution is 6.36. The van der Waals surface area contributed by atoms with Gasteiger partial charge in [-0.05, 0) is 24.1 Å². The van der Waals surface area contributed by atoms with Crippen molar-refractivity contribution in [2.75, 3.05) is 14.2 Å². The van der Waals surface area contributed by atoms with E-state index in [0.717, 1.165) is 0 Å². The highest BCUT2D eigenvalue weighted by atomic mass is 35.5. The molecule has 8 nitrogen and oxygen atoms in total. The molecule has 0 aromatic heterocycles. The maximum Gasteiger partial charge on any atom is 0.236 e. The van der Waals surface area contributed by atoms with Gasteiger partial charge in [0.1, 0.15) is 27.8 Å². The zero-order chi connectivity index (χ0) is 25.2. The van der Waals surface area contributed by atoms with Crippen LogP contribution in [0.4, 0.5) is 0 Å². The van der Waals surface area contributed by atoms with Gasteiger partial charge in [-0.25, -0.2) is 0 Å². The number of hydrogen-bond acceptors (Lipinski definition) is 7. The largest absolute Gasteiger partial charge is 0.506 e. The number of ether oxygens (including phenoxy) is 3. The third-order valence-corrected chi connectivity index (χ3v) is 7.59. The van der Waals surface area contributed by atoms with Gasteiger partial charge in [0.15, 0.2) is 5.75 Å². The van der Waals surface area contributed by atoms with E-state index in [9.17, 15) is 19.5 Å². The summed E-state index contributed by atoms with van der Waals surface area (Å²) in [5.74, 6) is -2.34. The van der Waals surface area contributed by atoms with Crippen molar-refractivity contribution in [2.45, 2.75) is 31.3 Å². The average Bonchev–Trinajstić information content (AvgIpc) is 3.14. The number of aromatic hydroxyl groups is 1. The van der Waals surface area contributed by atoms with Crippen LogP contribution >= 0.6 is 23.2 Å². The van der Waals surface area contributed by atoms with Gasteiger partial charge in [0, 0.05) is 35.6 Å². The van der Waals surface area contributed by atoms with Gasteiger partial charge in [0.25, 0.3) is 0 Å². The van der Waals surface area contributed by atoms with Crippen LogP contribution in [0.3, 0.4) is 0 Å². The molecule has 2 heterocycles. The van der Waals surface area contributed by atoms with Crippen LogP contribution in [0.25, 0.3) is 0 Å². The van der Waals surface area contributed by atoms with Crippen LogP contribution in [0.15, 0.2) is 35.5 Å². The smallest absolute Gasteiger partial charge is 0.236 e. The number of carbonyl (C=O) groups is 3. The molecular formula is C25H21Cl2NO7. The molecule has 2 aliphatic heterocycles. The summed E-state index contributed by atoms with van der Waals surface area (Å²) >= 11 is 12.6. The second-order valence-electron chi connectivity index (χ2n) is 8.81. The molecule has 2 aromatic carbocycles. The number of benzene rings is 2. The summed E-state index contributed by atoms with van der Waals surface area (Å²) in [6, 6.07) is 6.00. The molecule has 1 amide bonds. The summed E-state index contributed by atoms with van der Waals surface area (Å²) in [5.41, 5.74) is -0.528. The van der Waals surface area contributed by atoms with Crippen molar-refractivity contribution in [2.24, 2.45) is 5.92 Å². The SMILES string of the molecule is COc1cc(OC)c2c(c1Cl)O[C@@]1(C(=O)C3=C(C[C@H]1C)NC(=O)C[C@@H]3c1ccc(O)c(Cl)c1)C2=O. The van der Waals surface area contributed by atoms with E-state index in [0.29, 0.717) is 11.3 Å².